The summed E-state index contributed by atoms with van der Waals surface area (Å²) in [7, 11) is 0. The molecular formula is C25H29N5O3. The third-order valence-corrected chi connectivity index (χ3v) is 7.11. The van der Waals surface area contributed by atoms with Gasteiger partial charge >= 0.3 is 0 Å². The van der Waals surface area contributed by atoms with Crippen molar-refractivity contribution >= 4 is 28.6 Å². The maximum atomic E-state index is 13.3. The molecule has 0 bridgehead atoms. The zero-order chi connectivity index (χ0) is 23.1. The highest BCUT2D eigenvalue weighted by Gasteiger charge is 2.26. The van der Waals surface area contributed by atoms with E-state index in [9.17, 15) is 14.7 Å². The second kappa shape index (κ2) is 8.67. The van der Waals surface area contributed by atoms with Crippen LogP contribution in [0, 0.1) is 12.8 Å². The molecule has 33 heavy (non-hydrogen) atoms. The predicted molar refractivity (Wildman–Crippen MR) is 126 cm³/mol. The fourth-order valence-corrected chi connectivity index (χ4v) is 5.34. The molecule has 3 heterocycles. The Kier molecular flexibility index (Phi) is 5.70. The number of pyridine rings is 2. The summed E-state index contributed by atoms with van der Waals surface area (Å²) in [5.74, 6) is 1.11. The molecule has 0 radical (unpaired) electrons. The Morgan fingerprint density at radius 2 is 2.00 bits per heavy atom. The van der Waals surface area contributed by atoms with Crippen LogP contribution in [0.1, 0.15) is 72.2 Å². The van der Waals surface area contributed by atoms with Crippen LogP contribution in [-0.4, -0.2) is 37.0 Å². The predicted octanol–water partition coefficient (Wildman–Crippen LogP) is 3.65. The second-order valence-corrected chi connectivity index (χ2v) is 9.32. The van der Waals surface area contributed by atoms with Gasteiger partial charge in [0.1, 0.15) is 11.5 Å². The Hall–Kier alpha value is -3.13. The molecule has 1 saturated carbocycles. The number of carbonyl (C=O) groups excluding carboxylic acids is 1. The number of fused-ring (bicyclic) bond motifs is 2. The van der Waals surface area contributed by atoms with Crippen molar-refractivity contribution in [3.05, 3.63) is 51.1 Å². The molecule has 0 saturated heterocycles. The zero-order valence-corrected chi connectivity index (χ0v) is 19.1. The number of carbonyl (C=O) groups is 1. The van der Waals surface area contributed by atoms with Gasteiger partial charge in [-0.05, 0) is 69.1 Å². The number of anilines is 2. The lowest BCUT2D eigenvalue weighted by molar-refractivity contribution is 0.101. The number of aliphatic hydroxyl groups excluding tert-OH is 1. The molecular weight excluding hydrogens is 418 g/mol. The minimum atomic E-state index is -0.255. The molecule has 3 aromatic rings. The minimum Gasteiger partial charge on any atom is -0.396 e. The van der Waals surface area contributed by atoms with E-state index in [2.05, 4.69) is 10.3 Å². The molecule has 8 nitrogen and oxygen atoms in total. The Bertz CT molecular complexity index is 1290. The van der Waals surface area contributed by atoms with Crippen molar-refractivity contribution in [1.82, 2.24) is 19.5 Å². The fraction of sp³-hybridized carbons (Fsp3) is 0.480. The molecule has 2 N–H and O–H groups in total. The molecule has 172 valence electrons. The van der Waals surface area contributed by atoms with Crippen LogP contribution >= 0.6 is 0 Å². The van der Waals surface area contributed by atoms with Crippen molar-refractivity contribution in [2.75, 3.05) is 11.9 Å². The molecule has 1 fully saturated rings. The van der Waals surface area contributed by atoms with Crippen LogP contribution in [0.4, 0.5) is 11.8 Å². The number of hydrogen-bond donors (Lipinski definition) is 2. The van der Waals surface area contributed by atoms with E-state index in [4.69, 9.17) is 9.97 Å². The normalized spacial score (nSPS) is 18.5. The number of aryl methyl sites for hydroxylation is 2. The SMILES string of the molecule is CC(=O)c1c(C)c2cnc(Nc3ccc4c(n3)CC[C@@H](CO)C4)nc2n(C2CCCC2)c1=O. The van der Waals surface area contributed by atoms with Gasteiger partial charge in [-0.25, -0.2) is 9.97 Å². The summed E-state index contributed by atoms with van der Waals surface area (Å²) in [5.41, 5.74) is 3.39. The molecule has 8 heteroatoms. The summed E-state index contributed by atoms with van der Waals surface area (Å²) >= 11 is 0. The number of hydrogen-bond acceptors (Lipinski definition) is 7. The van der Waals surface area contributed by atoms with E-state index in [1.54, 1.807) is 17.7 Å². The minimum absolute atomic E-state index is 0.0443. The maximum absolute atomic E-state index is 13.3. The van der Waals surface area contributed by atoms with Gasteiger partial charge in [-0.1, -0.05) is 18.9 Å². The number of nitrogens with zero attached hydrogens (tertiary/aromatic N) is 4. The molecule has 2 aliphatic carbocycles. The molecule has 0 aliphatic heterocycles. The van der Waals surface area contributed by atoms with E-state index in [1.807, 2.05) is 12.1 Å². The first-order chi connectivity index (χ1) is 16.0. The molecule has 0 amide bonds. The van der Waals surface area contributed by atoms with Crippen LogP contribution in [0.15, 0.2) is 23.1 Å². The highest BCUT2D eigenvalue weighted by atomic mass is 16.3. The Balaban J connectivity index is 1.56. The first-order valence-electron chi connectivity index (χ1n) is 11.8. The Morgan fingerprint density at radius 1 is 1.21 bits per heavy atom. The van der Waals surface area contributed by atoms with Crippen molar-refractivity contribution in [2.24, 2.45) is 5.92 Å². The highest BCUT2D eigenvalue weighted by Crippen LogP contribution is 2.32. The molecule has 0 unspecified atom stereocenters. The van der Waals surface area contributed by atoms with Crippen molar-refractivity contribution in [1.29, 1.82) is 0 Å². The van der Waals surface area contributed by atoms with Crippen LogP contribution in [0.25, 0.3) is 11.0 Å². The number of rotatable bonds is 5. The fourth-order valence-electron chi connectivity index (χ4n) is 5.34. The maximum Gasteiger partial charge on any atom is 0.263 e. The van der Waals surface area contributed by atoms with Gasteiger partial charge in [0, 0.05) is 29.9 Å². The Morgan fingerprint density at radius 3 is 2.73 bits per heavy atom. The van der Waals surface area contributed by atoms with Crippen LogP contribution in [0.3, 0.4) is 0 Å². The summed E-state index contributed by atoms with van der Waals surface area (Å²) in [6.07, 6.45) is 8.24. The van der Waals surface area contributed by atoms with Gasteiger partial charge in [-0.3, -0.25) is 14.2 Å². The number of ketones is 1. The van der Waals surface area contributed by atoms with Crippen LogP contribution in [0.2, 0.25) is 0 Å². The second-order valence-electron chi connectivity index (χ2n) is 9.32. The van der Waals surface area contributed by atoms with Crippen molar-refractivity contribution in [3.63, 3.8) is 0 Å². The van der Waals surface area contributed by atoms with Gasteiger partial charge in [0.25, 0.3) is 5.56 Å². The van der Waals surface area contributed by atoms with Gasteiger partial charge in [0.05, 0.1) is 5.56 Å². The van der Waals surface area contributed by atoms with Crippen LogP contribution in [-0.2, 0) is 12.8 Å². The average molecular weight is 448 g/mol. The molecule has 1 atom stereocenters. The van der Waals surface area contributed by atoms with Gasteiger partial charge in [-0.2, -0.15) is 4.98 Å². The lowest BCUT2D eigenvalue weighted by Crippen LogP contribution is -2.30. The first kappa shape index (κ1) is 21.7. The summed E-state index contributed by atoms with van der Waals surface area (Å²) in [6, 6.07) is 3.99. The van der Waals surface area contributed by atoms with E-state index >= 15 is 0 Å². The van der Waals surface area contributed by atoms with Crippen LogP contribution < -0.4 is 10.9 Å². The quantitative estimate of drug-likeness (QED) is 0.575. The van der Waals surface area contributed by atoms with Gasteiger partial charge in [-0.15, -0.1) is 0 Å². The van der Waals surface area contributed by atoms with Crippen molar-refractivity contribution < 1.29 is 9.90 Å². The van der Waals surface area contributed by atoms with E-state index < -0.39 is 0 Å². The van der Waals surface area contributed by atoms with Gasteiger partial charge in [0.15, 0.2) is 5.78 Å². The zero-order valence-electron chi connectivity index (χ0n) is 19.1. The third kappa shape index (κ3) is 3.93. The van der Waals surface area contributed by atoms with Crippen molar-refractivity contribution in [2.45, 2.75) is 64.8 Å². The largest absolute Gasteiger partial charge is 0.396 e. The van der Waals surface area contributed by atoms with Crippen molar-refractivity contribution in [3.8, 4) is 0 Å². The van der Waals surface area contributed by atoms with E-state index in [0.29, 0.717) is 28.9 Å². The summed E-state index contributed by atoms with van der Waals surface area (Å²) < 4.78 is 1.72. The van der Waals surface area contributed by atoms with E-state index in [0.717, 1.165) is 56.0 Å². The lowest BCUT2D eigenvalue weighted by Gasteiger charge is -2.22. The standard InChI is InChI=1S/C25H29N5O3/c1-14-19-12-26-25(28-21-10-8-17-11-16(13-31)7-9-20(17)27-21)29-23(19)30(18-5-3-4-6-18)24(33)22(14)15(2)32/h8,10,12,16,18,31H,3-7,9,11,13H2,1-2H3,(H,26,27,28,29)/t16-/m1/s1. The smallest absolute Gasteiger partial charge is 0.263 e. The molecule has 3 aromatic heterocycles. The van der Waals surface area contributed by atoms with E-state index in [1.165, 1.54) is 12.5 Å². The first-order valence-corrected chi connectivity index (χ1v) is 11.8. The lowest BCUT2D eigenvalue weighted by atomic mass is 9.87. The number of aliphatic hydroxyl groups is 1. The molecule has 2 aliphatic rings. The summed E-state index contributed by atoms with van der Waals surface area (Å²) in [6.45, 7) is 3.44. The number of aromatic nitrogens is 4. The number of nitrogens with one attached hydrogen (secondary N) is 1. The number of Topliss-reactive ketones (excluding diaryl/α,β-unsaturated/α-hetero) is 1. The third-order valence-electron chi connectivity index (χ3n) is 7.11. The Labute approximate surface area is 192 Å². The summed E-state index contributed by atoms with van der Waals surface area (Å²) in [4.78, 5) is 39.6. The van der Waals surface area contributed by atoms with Gasteiger partial charge < -0.3 is 10.4 Å². The average Bonchev–Trinajstić information content (AvgIpc) is 3.33. The monoisotopic (exact) mass is 447 g/mol. The molecule has 0 aromatic carbocycles. The van der Waals surface area contributed by atoms with Gasteiger partial charge in [0.2, 0.25) is 5.95 Å². The van der Waals surface area contributed by atoms with Crippen LogP contribution in [0.5, 0.6) is 0 Å². The molecule has 0 spiro atoms. The summed E-state index contributed by atoms with van der Waals surface area (Å²) in [5, 5.41) is 13.4. The van der Waals surface area contributed by atoms with E-state index in [-0.39, 0.29) is 29.6 Å². The highest BCUT2D eigenvalue weighted by molar-refractivity contribution is 5.99. The molecule has 5 rings (SSSR count). The topological polar surface area (TPSA) is 110 Å².